The molecule has 2 amide bonds. The number of likely N-dealkylation sites (N-methyl/N-ethyl adjacent to an activating group) is 1. The van der Waals surface area contributed by atoms with Crippen LogP contribution in [0.25, 0.3) is 0 Å². The molecule has 1 fully saturated rings. The fraction of sp³-hybridized carbons (Fsp3) is 0.429. The fourth-order valence-corrected chi connectivity index (χ4v) is 2.17. The molecule has 1 aromatic carbocycles. The molecule has 1 atom stereocenters. The number of piperidine rings is 1. The van der Waals surface area contributed by atoms with Crippen molar-refractivity contribution in [3.8, 4) is 0 Å². The summed E-state index contributed by atoms with van der Waals surface area (Å²) in [5.74, 6) is -0.716. The van der Waals surface area contributed by atoms with Crippen molar-refractivity contribution in [2.24, 2.45) is 0 Å². The van der Waals surface area contributed by atoms with Gasteiger partial charge in [0.05, 0.1) is 0 Å². The largest absolute Gasteiger partial charge is 0.374 e. The molecule has 1 aliphatic rings. The number of likely N-dealkylation sites (tertiary alicyclic amines) is 1. The minimum atomic E-state index is -0.463. The monoisotopic (exact) mass is 264 g/mol. The molecule has 5 heteroatoms. The SMILES string of the molecule is CCc1ccc(NC2CCC(=O)N(C)C2=O)cc1F. The number of benzene rings is 1. The molecule has 19 heavy (non-hydrogen) atoms. The van der Waals surface area contributed by atoms with Crippen molar-refractivity contribution in [1.82, 2.24) is 4.90 Å². The van der Waals surface area contributed by atoms with Crippen LogP contribution in [0.15, 0.2) is 18.2 Å². The second-order valence-electron chi connectivity index (χ2n) is 4.69. The van der Waals surface area contributed by atoms with E-state index in [0.29, 0.717) is 30.5 Å². The molecule has 2 rings (SSSR count). The number of nitrogens with zero attached hydrogens (tertiary/aromatic N) is 1. The molecule has 0 aromatic heterocycles. The van der Waals surface area contributed by atoms with E-state index < -0.39 is 6.04 Å². The first kappa shape index (κ1) is 13.5. The molecule has 0 spiro atoms. The van der Waals surface area contributed by atoms with Crippen LogP contribution in [0.2, 0.25) is 0 Å². The quantitative estimate of drug-likeness (QED) is 0.849. The third kappa shape index (κ3) is 2.75. The van der Waals surface area contributed by atoms with Gasteiger partial charge < -0.3 is 5.32 Å². The van der Waals surface area contributed by atoms with E-state index in [4.69, 9.17) is 0 Å². The highest BCUT2D eigenvalue weighted by atomic mass is 19.1. The number of imide groups is 1. The van der Waals surface area contributed by atoms with Crippen molar-refractivity contribution in [2.75, 3.05) is 12.4 Å². The average molecular weight is 264 g/mol. The zero-order valence-corrected chi connectivity index (χ0v) is 11.1. The Morgan fingerprint density at radius 2 is 2.16 bits per heavy atom. The predicted molar refractivity (Wildman–Crippen MR) is 70.2 cm³/mol. The predicted octanol–water partition coefficient (Wildman–Crippen LogP) is 1.95. The lowest BCUT2D eigenvalue weighted by Gasteiger charge is -2.28. The molecule has 0 saturated carbocycles. The molecular weight excluding hydrogens is 247 g/mol. The van der Waals surface area contributed by atoms with Crippen LogP contribution in [-0.2, 0) is 16.0 Å². The Morgan fingerprint density at radius 3 is 2.79 bits per heavy atom. The second kappa shape index (κ2) is 5.38. The van der Waals surface area contributed by atoms with E-state index >= 15 is 0 Å². The molecule has 0 radical (unpaired) electrons. The van der Waals surface area contributed by atoms with Crippen LogP contribution in [0.3, 0.4) is 0 Å². The van der Waals surface area contributed by atoms with E-state index in [1.165, 1.54) is 13.1 Å². The van der Waals surface area contributed by atoms with E-state index in [2.05, 4.69) is 5.32 Å². The molecule has 1 heterocycles. The topological polar surface area (TPSA) is 49.4 Å². The number of amides is 2. The molecule has 1 saturated heterocycles. The molecule has 0 aliphatic carbocycles. The van der Waals surface area contributed by atoms with Crippen molar-refractivity contribution in [3.05, 3.63) is 29.6 Å². The summed E-state index contributed by atoms with van der Waals surface area (Å²) in [5.41, 5.74) is 1.21. The lowest BCUT2D eigenvalue weighted by molar-refractivity contribution is -0.146. The Bertz CT molecular complexity index is 516. The van der Waals surface area contributed by atoms with E-state index in [9.17, 15) is 14.0 Å². The zero-order valence-electron chi connectivity index (χ0n) is 11.1. The fourth-order valence-electron chi connectivity index (χ4n) is 2.17. The van der Waals surface area contributed by atoms with Gasteiger partial charge in [0.2, 0.25) is 5.91 Å². The van der Waals surface area contributed by atoms with Gasteiger partial charge in [-0.05, 0) is 30.5 Å². The first-order valence-corrected chi connectivity index (χ1v) is 6.38. The minimum absolute atomic E-state index is 0.171. The summed E-state index contributed by atoms with van der Waals surface area (Å²) in [6.07, 6.45) is 1.40. The Hall–Kier alpha value is -1.91. The lowest BCUT2D eigenvalue weighted by Crippen LogP contribution is -2.48. The van der Waals surface area contributed by atoms with E-state index in [1.807, 2.05) is 6.92 Å². The number of carbonyl (C=O) groups excluding carboxylic acids is 2. The minimum Gasteiger partial charge on any atom is -0.374 e. The van der Waals surface area contributed by atoms with Crippen LogP contribution in [0, 0.1) is 5.82 Å². The Kier molecular flexibility index (Phi) is 3.83. The third-order valence-electron chi connectivity index (χ3n) is 3.42. The van der Waals surface area contributed by atoms with Crippen LogP contribution in [0.4, 0.5) is 10.1 Å². The van der Waals surface area contributed by atoms with Gasteiger partial charge in [-0.2, -0.15) is 0 Å². The number of anilines is 1. The van der Waals surface area contributed by atoms with Crippen molar-refractivity contribution >= 4 is 17.5 Å². The van der Waals surface area contributed by atoms with Crippen LogP contribution in [0.5, 0.6) is 0 Å². The van der Waals surface area contributed by atoms with Gasteiger partial charge in [0, 0.05) is 19.2 Å². The number of halogens is 1. The number of carbonyl (C=O) groups is 2. The number of hydrogen-bond acceptors (Lipinski definition) is 3. The van der Waals surface area contributed by atoms with Crippen molar-refractivity contribution in [3.63, 3.8) is 0 Å². The van der Waals surface area contributed by atoms with Gasteiger partial charge in [-0.1, -0.05) is 13.0 Å². The van der Waals surface area contributed by atoms with Gasteiger partial charge in [0.15, 0.2) is 0 Å². The molecular formula is C14H17FN2O2. The Morgan fingerprint density at radius 1 is 1.42 bits per heavy atom. The van der Waals surface area contributed by atoms with Gasteiger partial charge in [-0.25, -0.2) is 4.39 Å². The highest BCUT2D eigenvalue weighted by Gasteiger charge is 2.31. The first-order valence-electron chi connectivity index (χ1n) is 6.38. The van der Waals surface area contributed by atoms with Crippen LogP contribution >= 0.6 is 0 Å². The molecule has 0 bridgehead atoms. The summed E-state index contributed by atoms with van der Waals surface area (Å²) in [4.78, 5) is 24.4. The standard InChI is InChI=1S/C14H17FN2O2/c1-3-9-4-5-10(8-11(9)15)16-12-6-7-13(18)17(2)14(12)19/h4-5,8,12,16H,3,6-7H2,1-2H3. The van der Waals surface area contributed by atoms with Crippen molar-refractivity contribution in [2.45, 2.75) is 32.2 Å². The number of aryl methyl sites for hydroxylation is 1. The average Bonchev–Trinajstić information content (AvgIpc) is 2.40. The van der Waals surface area contributed by atoms with Gasteiger partial charge in [0.25, 0.3) is 5.91 Å². The number of rotatable bonds is 3. The van der Waals surface area contributed by atoms with E-state index in [0.717, 1.165) is 4.90 Å². The van der Waals surface area contributed by atoms with Crippen molar-refractivity contribution in [1.29, 1.82) is 0 Å². The van der Waals surface area contributed by atoms with Crippen LogP contribution in [-0.4, -0.2) is 29.8 Å². The molecule has 1 aliphatic heterocycles. The molecule has 1 N–H and O–H groups in total. The Labute approximate surface area is 111 Å². The van der Waals surface area contributed by atoms with Crippen molar-refractivity contribution < 1.29 is 14.0 Å². The number of nitrogens with one attached hydrogen (secondary N) is 1. The van der Waals surface area contributed by atoms with Gasteiger partial charge in [-0.3, -0.25) is 14.5 Å². The zero-order chi connectivity index (χ0) is 14.0. The summed E-state index contributed by atoms with van der Waals surface area (Å²) in [7, 11) is 1.47. The molecule has 1 aromatic rings. The molecule has 4 nitrogen and oxygen atoms in total. The number of hydrogen-bond donors (Lipinski definition) is 1. The lowest BCUT2D eigenvalue weighted by atomic mass is 10.0. The highest BCUT2D eigenvalue weighted by molar-refractivity contribution is 6.01. The second-order valence-corrected chi connectivity index (χ2v) is 4.69. The van der Waals surface area contributed by atoms with Gasteiger partial charge in [-0.15, -0.1) is 0 Å². The first-order chi connectivity index (χ1) is 9.02. The highest BCUT2D eigenvalue weighted by Crippen LogP contribution is 2.20. The summed E-state index contributed by atoms with van der Waals surface area (Å²) in [5, 5.41) is 2.99. The maximum atomic E-state index is 13.7. The maximum absolute atomic E-state index is 13.7. The summed E-state index contributed by atoms with van der Waals surface area (Å²) >= 11 is 0. The van der Waals surface area contributed by atoms with Gasteiger partial charge in [0.1, 0.15) is 11.9 Å². The molecule has 1 unspecified atom stereocenters. The third-order valence-corrected chi connectivity index (χ3v) is 3.42. The summed E-state index contributed by atoms with van der Waals surface area (Å²) in [6.45, 7) is 1.89. The van der Waals surface area contributed by atoms with E-state index in [1.54, 1.807) is 12.1 Å². The smallest absolute Gasteiger partial charge is 0.251 e. The molecule has 102 valence electrons. The van der Waals surface area contributed by atoms with Crippen LogP contribution in [0.1, 0.15) is 25.3 Å². The van der Waals surface area contributed by atoms with Gasteiger partial charge >= 0.3 is 0 Å². The maximum Gasteiger partial charge on any atom is 0.251 e. The Balaban J connectivity index is 2.11. The summed E-state index contributed by atoms with van der Waals surface area (Å²) in [6, 6.07) is 4.39. The normalized spacial score (nSPS) is 19.7. The van der Waals surface area contributed by atoms with E-state index in [-0.39, 0.29) is 17.6 Å². The summed E-state index contributed by atoms with van der Waals surface area (Å²) < 4.78 is 13.7. The van der Waals surface area contributed by atoms with Crippen LogP contribution < -0.4 is 5.32 Å².